The molecule has 2 rings (SSSR count). The smallest absolute Gasteiger partial charge is 0.334 e. The quantitative estimate of drug-likeness (QED) is 0.796. The lowest BCUT2D eigenvalue weighted by atomic mass is 10.2. The van der Waals surface area contributed by atoms with Gasteiger partial charge in [0.05, 0.1) is 6.54 Å². The van der Waals surface area contributed by atoms with E-state index in [2.05, 4.69) is 5.32 Å². The van der Waals surface area contributed by atoms with E-state index in [4.69, 9.17) is 0 Å². The number of likely N-dealkylation sites (tertiary alicyclic amines) is 2. The first-order valence-corrected chi connectivity index (χ1v) is 5.78. The van der Waals surface area contributed by atoms with Crippen LogP contribution in [0.25, 0.3) is 0 Å². The monoisotopic (exact) mass is 251 g/mol. The van der Waals surface area contributed by atoms with Gasteiger partial charge < -0.3 is 10.2 Å². The molecule has 2 fully saturated rings. The molecule has 2 aliphatic rings. The van der Waals surface area contributed by atoms with E-state index < -0.39 is 12.7 Å². The molecule has 0 aromatic carbocycles. The minimum atomic E-state index is -4.16. The average Bonchev–Trinajstić information content (AvgIpc) is 2.45. The number of urea groups is 1. The Labute approximate surface area is 97.7 Å². The Morgan fingerprint density at radius 3 is 2.53 bits per heavy atom. The van der Waals surface area contributed by atoms with Crippen LogP contribution in [0.3, 0.4) is 0 Å². The van der Waals surface area contributed by atoms with E-state index in [-0.39, 0.29) is 12.1 Å². The fourth-order valence-corrected chi connectivity index (χ4v) is 2.13. The van der Waals surface area contributed by atoms with Crippen molar-refractivity contribution >= 4 is 6.03 Å². The molecule has 1 atom stereocenters. The Morgan fingerprint density at radius 1 is 1.29 bits per heavy atom. The van der Waals surface area contributed by atoms with Crippen LogP contribution in [0.15, 0.2) is 0 Å². The van der Waals surface area contributed by atoms with Crippen LogP contribution in [0.1, 0.15) is 12.8 Å². The third kappa shape index (κ3) is 3.49. The maximum absolute atomic E-state index is 12.2. The molecular weight excluding hydrogens is 235 g/mol. The maximum Gasteiger partial charge on any atom is 0.401 e. The molecule has 2 saturated heterocycles. The largest absolute Gasteiger partial charge is 0.401 e. The van der Waals surface area contributed by atoms with Gasteiger partial charge in [-0.1, -0.05) is 0 Å². The fraction of sp³-hybridized carbons (Fsp3) is 0.900. The highest BCUT2D eigenvalue weighted by atomic mass is 19.4. The number of amides is 2. The second-order valence-electron chi connectivity index (χ2n) is 4.63. The molecular formula is C10H16F3N3O. The summed E-state index contributed by atoms with van der Waals surface area (Å²) in [6, 6.07) is -0.291. The molecule has 1 unspecified atom stereocenters. The highest BCUT2D eigenvalue weighted by Crippen LogP contribution is 2.20. The van der Waals surface area contributed by atoms with Gasteiger partial charge in [-0.05, 0) is 12.8 Å². The molecule has 1 N–H and O–H groups in total. The van der Waals surface area contributed by atoms with Crippen LogP contribution in [0, 0.1) is 0 Å². The highest BCUT2D eigenvalue weighted by Gasteiger charge is 2.35. The fourth-order valence-electron chi connectivity index (χ4n) is 2.13. The van der Waals surface area contributed by atoms with Crippen molar-refractivity contribution in [1.29, 1.82) is 0 Å². The van der Waals surface area contributed by atoms with Crippen LogP contribution in [-0.4, -0.2) is 60.8 Å². The lowest BCUT2D eigenvalue weighted by Crippen LogP contribution is -2.51. The molecule has 98 valence electrons. The van der Waals surface area contributed by atoms with Crippen molar-refractivity contribution in [3.05, 3.63) is 0 Å². The first-order chi connectivity index (χ1) is 7.94. The van der Waals surface area contributed by atoms with E-state index in [1.54, 1.807) is 4.90 Å². The van der Waals surface area contributed by atoms with E-state index in [0.717, 1.165) is 19.5 Å². The van der Waals surface area contributed by atoms with Gasteiger partial charge >= 0.3 is 12.2 Å². The molecule has 2 heterocycles. The van der Waals surface area contributed by atoms with E-state index in [0.29, 0.717) is 19.5 Å². The van der Waals surface area contributed by atoms with Gasteiger partial charge in [0.25, 0.3) is 0 Å². The van der Waals surface area contributed by atoms with E-state index in [1.165, 1.54) is 4.90 Å². The number of halogens is 3. The van der Waals surface area contributed by atoms with Crippen LogP contribution in [0.2, 0.25) is 0 Å². The minimum absolute atomic E-state index is 0.143. The summed E-state index contributed by atoms with van der Waals surface area (Å²) < 4.78 is 36.5. The molecule has 0 aromatic rings. The predicted octanol–water partition coefficient (Wildman–Crippen LogP) is 1.04. The van der Waals surface area contributed by atoms with Crippen molar-refractivity contribution in [3.63, 3.8) is 0 Å². The SMILES string of the molecule is O=C(NC1CCN(CC(F)(F)F)C1)N1CCC1. The molecule has 0 saturated carbocycles. The highest BCUT2D eigenvalue weighted by molar-refractivity contribution is 5.75. The van der Waals surface area contributed by atoms with Crippen molar-refractivity contribution in [1.82, 2.24) is 15.1 Å². The van der Waals surface area contributed by atoms with Crippen molar-refractivity contribution in [3.8, 4) is 0 Å². The summed E-state index contributed by atoms with van der Waals surface area (Å²) in [6.07, 6.45) is -2.55. The zero-order chi connectivity index (χ0) is 12.5. The summed E-state index contributed by atoms with van der Waals surface area (Å²) in [7, 11) is 0. The molecule has 17 heavy (non-hydrogen) atoms. The summed E-state index contributed by atoms with van der Waals surface area (Å²) in [4.78, 5) is 14.6. The van der Waals surface area contributed by atoms with Gasteiger partial charge in [0, 0.05) is 32.2 Å². The normalized spacial score (nSPS) is 25.8. The second-order valence-corrected chi connectivity index (χ2v) is 4.63. The first-order valence-electron chi connectivity index (χ1n) is 5.78. The lowest BCUT2D eigenvalue weighted by Gasteiger charge is -2.32. The number of carbonyl (C=O) groups is 1. The standard InChI is InChI=1S/C10H16F3N3O/c11-10(12,13)7-15-5-2-8(6-15)14-9(17)16-3-1-4-16/h8H,1-7H2,(H,14,17). The average molecular weight is 251 g/mol. The third-order valence-electron chi connectivity index (χ3n) is 3.15. The van der Waals surface area contributed by atoms with Gasteiger partial charge in [-0.2, -0.15) is 13.2 Å². The van der Waals surface area contributed by atoms with Gasteiger partial charge in [-0.25, -0.2) is 4.79 Å². The van der Waals surface area contributed by atoms with Crippen LogP contribution >= 0.6 is 0 Å². The summed E-state index contributed by atoms with van der Waals surface area (Å²) in [5, 5.41) is 2.77. The number of hydrogen-bond acceptors (Lipinski definition) is 2. The number of carbonyl (C=O) groups excluding carboxylic acids is 1. The molecule has 7 heteroatoms. The summed E-state index contributed by atoms with van der Waals surface area (Å²) in [6.45, 7) is 1.31. The van der Waals surface area contributed by atoms with Crippen molar-refractivity contribution in [2.24, 2.45) is 0 Å². The molecule has 4 nitrogen and oxygen atoms in total. The minimum Gasteiger partial charge on any atom is -0.334 e. The summed E-state index contributed by atoms with van der Waals surface area (Å²) in [5.41, 5.74) is 0. The number of hydrogen-bond donors (Lipinski definition) is 1. The predicted molar refractivity (Wildman–Crippen MR) is 55.6 cm³/mol. The third-order valence-corrected chi connectivity index (χ3v) is 3.15. The maximum atomic E-state index is 12.2. The van der Waals surface area contributed by atoms with Crippen molar-refractivity contribution < 1.29 is 18.0 Å². The zero-order valence-corrected chi connectivity index (χ0v) is 9.46. The Hall–Kier alpha value is -0.980. The molecule has 0 bridgehead atoms. The molecule has 0 aliphatic carbocycles. The van der Waals surface area contributed by atoms with Crippen LogP contribution in [-0.2, 0) is 0 Å². The Morgan fingerprint density at radius 2 is 2.00 bits per heavy atom. The number of nitrogens with one attached hydrogen (secondary N) is 1. The first kappa shape index (κ1) is 12.5. The molecule has 0 aromatic heterocycles. The topological polar surface area (TPSA) is 35.6 Å². The summed E-state index contributed by atoms with van der Waals surface area (Å²) >= 11 is 0. The van der Waals surface area contributed by atoms with Crippen LogP contribution in [0.4, 0.5) is 18.0 Å². The van der Waals surface area contributed by atoms with E-state index in [9.17, 15) is 18.0 Å². The van der Waals surface area contributed by atoms with Crippen molar-refractivity contribution in [2.75, 3.05) is 32.7 Å². The van der Waals surface area contributed by atoms with E-state index in [1.807, 2.05) is 0 Å². The second kappa shape index (κ2) is 4.72. The molecule has 2 aliphatic heterocycles. The summed E-state index contributed by atoms with van der Waals surface area (Å²) in [5.74, 6) is 0. The molecule has 0 spiro atoms. The van der Waals surface area contributed by atoms with Gasteiger partial charge in [0.1, 0.15) is 0 Å². The van der Waals surface area contributed by atoms with Gasteiger partial charge in [-0.3, -0.25) is 4.90 Å². The van der Waals surface area contributed by atoms with Gasteiger partial charge in [0.2, 0.25) is 0 Å². The number of rotatable bonds is 2. The number of nitrogens with zero attached hydrogens (tertiary/aromatic N) is 2. The van der Waals surface area contributed by atoms with Crippen molar-refractivity contribution in [2.45, 2.75) is 25.1 Å². The van der Waals surface area contributed by atoms with Gasteiger partial charge in [0.15, 0.2) is 0 Å². The molecule has 2 amide bonds. The number of alkyl halides is 3. The Bertz CT molecular complexity index is 291. The lowest BCUT2D eigenvalue weighted by molar-refractivity contribution is -0.143. The van der Waals surface area contributed by atoms with Gasteiger partial charge in [-0.15, -0.1) is 0 Å². The van der Waals surface area contributed by atoms with E-state index >= 15 is 0 Å². The van der Waals surface area contributed by atoms with Crippen LogP contribution in [0.5, 0.6) is 0 Å². The molecule has 0 radical (unpaired) electrons. The Kier molecular flexibility index (Phi) is 3.46. The zero-order valence-electron chi connectivity index (χ0n) is 9.46. The van der Waals surface area contributed by atoms with Crippen LogP contribution < -0.4 is 5.32 Å². The Balaban J connectivity index is 1.72.